The van der Waals surface area contributed by atoms with Crippen LogP contribution in [-0.4, -0.2) is 155 Å². The monoisotopic (exact) mass is 1170 g/mol. The molecule has 0 bridgehead atoms. The van der Waals surface area contributed by atoms with Gasteiger partial charge in [-0.05, 0) is 130 Å². The van der Waals surface area contributed by atoms with E-state index in [9.17, 15) is 47.9 Å². The number of unbranched alkanes of at least 4 members (excludes halogenated alkanes) is 7. The molecule has 21 heteroatoms. The maximum Gasteiger partial charge on any atom is 0.246 e. The quantitative estimate of drug-likeness (QED) is 0.0329. The SMILES string of the molecule is CCCCCCCC[C@H](NC(=O)[C@@H]1CCCN1C(=O)CCCCC)C(=O)N[C@@H](CC(C)C)C(=O)NC(C)(C)C(=O)N[C@@H](CC(C)C)C(=O)N[C@@H](CC(C)C)C(=O)NC(C)(C)C(=O)NC(C)(C)C(=O)NCCC(=O)NCCN(CCC)CCC. The number of nitrogens with zero attached hydrogens (tertiary/aromatic N) is 2. The topological polar surface area (TPSA) is 285 Å². The molecule has 0 aromatic rings. The summed E-state index contributed by atoms with van der Waals surface area (Å²) in [5, 5.41) is 25.3. The summed E-state index contributed by atoms with van der Waals surface area (Å²) in [6.07, 6.45) is 12.8. The average molecular weight is 1170 g/mol. The summed E-state index contributed by atoms with van der Waals surface area (Å²) in [4.78, 5) is 142. The van der Waals surface area contributed by atoms with Gasteiger partial charge < -0.3 is 57.7 Å². The van der Waals surface area contributed by atoms with Gasteiger partial charge in [-0.25, -0.2) is 0 Å². The summed E-state index contributed by atoms with van der Waals surface area (Å²) < 4.78 is 0. The largest absolute Gasteiger partial charge is 0.355 e. The number of nitrogens with one attached hydrogen (secondary N) is 9. The van der Waals surface area contributed by atoms with Gasteiger partial charge in [-0.3, -0.25) is 47.9 Å². The van der Waals surface area contributed by atoms with E-state index < -0.39 is 94.1 Å². The highest BCUT2D eigenvalue weighted by Crippen LogP contribution is 2.21. The maximum absolute atomic E-state index is 14.3. The molecule has 9 N–H and O–H groups in total. The molecule has 83 heavy (non-hydrogen) atoms. The lowest BCUT2D eigenvalue weighted by Crippen LogP contribution is -2.65. The van der Waals surface area contributed by atoms with Crippen molar-refractivity contribution in [3.63, 3.8) is 0 Å². The molecule has 0 unspecified atom stereocenters. The molecule has 1 fully saturated rings. The van der Waals surface area contributed by atoms with Crippen molar-refractivity contribution in [2.24, 2.45) is 17.8 Å². The first-order valence-electron chi connectivity index (χ1n) is 31.6. The van der Waals surface area contributed by atoms with Crippen LogP contribution in [0.3, 0.4) is 0 Å². The summed E-state index contributed by atoms with van der Waals surface area (Å²) in [5.74, 6) is -5.39. The summed E-state index contributed by atoms with van der Waals surface area (Å²) in [7, 11) is 0. The third-order valence-electron chi connectivity index (χ3n) is 14.8. The Morgan fingerprint density at radius 2 is 0.940 bits per heavy atom. The van der Waals surface area contributed by atoms with Gasteiger partial charge in [0.2, 0.25) is 59.1 Å². The van der Waals surface area contributed by atoms with E-state index in [1.807, 2.05) is 41.5 Å². The van der Waals surface area contributed by atoms with Gasteiger partial charge in [-0.2, -0.15) is 0 Å². The number of likely N-dealkylation sites (tertiary alicyclic amines) is 1. The first-order valence-corrected chi connectivity index (χ1v) is 31.6. The Hall–Kier alpha value is -5.34. The van der Waals surface area contributed by atoms with Crippen molar-refractivity contribution < 1.29 is 47.9 Å². The number of carbonyl (C=O) groups excluding carboxylic acids is 10. The van der Waals surface area contributed by atoms with Gasteiger partial charge in [0, 0.05) is 39.0 Å². The van der Waals surface area contributed by atoms with Gasteiger partial charge >= 0.3 is 0 Å². The molecule has 0 aromatic heterocycles. The first-order chi connectivity index (χ1) is 38.8. The molecule has 0 aliphatic carbocycles. The molecule has 478 valence electrons. The smallest absolute Gasteiger partial charge is 0.246 e. The van der Waals surface area contributed by atoms with E-state index in [1.54, 1.807) is 4.90 Å². The zero-order valence-electron chi connectivity index (χ0n) is 54.3. The second-order valence-electron chi connectivity index (χ2n) is 25.9. The molecule has 10 amide bonds. The number of hydrogen-bond donors (Lipinski definition) is 9. The number of carbonyl (C=O) groups is 10. The Balaban J connectivity index is 3.20. The van der Waals surface area contributed by atoms with Crippen LogP contribution in [0.1, 0.15) is 233 Å². The van der Waals surface area contributed by atoms with Crippen LogP contribution in [0.15, 0.2) is 0 Å². The fraction of sp³-hybridized carbons (Fsp3) is 0.839. The Bertz CT molecular complexity index is 2060. The van der Waals surface area contributed by atoms with E-state index in [2.05, 4.69) is 80.4 Å². The van der Waals surface area contributed by atoms with Gasteiger partial charge in [0.15, 0.2) is 0 Å². The van der Waals surface area contributed by atoms with Crippen molar-refractivity contribution in [3.05, 3.63) is 0 Å². The Morgan fingerprint density at radius 3 is 1.46 bits per heavy atom. The van der Waals surface area contributed by atoms with E-state index in [4.69, 9.17) is 0 Å². The molecule has 1 rings (SSSR count). The summed E-state index contributed by atoms with van der Waals surface area (Å²) in [6.45, 7) is 32.3. The number of hydrogen-bond acceptors (Lipinski definition) is 11. The molecule has 0 saturated carbocycles. The second-order valence-corrected chi connectivity index (χ2v) is 25.9. The molecule has 0 radical (unpaired) electrons. The van der Waals surface area contributed by atoms with Crippen LogP contribution < -0.4 is 47.9 Å². The molecule has 1 aliphatic heterocycles. The minimum Gasteiger partial charge on any atom is -0.355 e. The Morgan fingerprint density at radius 1 is 0.470 bits per heavy atom. The average Bonchev–Trinajstić information content (AvgIpc) is 3.91. The molecular formula is C62H115N11O10. The molecule has 1 aliphatic rings. The van der Waals surface area contributed by atoms with Crippen LogP contribution in [-0.2, 0) is 47.9 Å². The van der Waals surface area contributed by atoms with Crippen LogP contribution in [0.4, 0.5) is 0 Å². The van der Waals surface area contributed by atoms with Crippen molar-refractivity contribution in [2.45, 2.75) is 280 Å². The molecule has 1 saturated heterocycles. The predicted octanol–water partition coefficient (Wildman–Crippen LogP) is 5.81. The van der Waals surface area contributed by atoms with E-state index >= 15 is 0 Å². The van der Waals surface area contributed by atoms with Gasteiger partial charge in [0.05, 0.1) is 0 Å². The number of amides is 10. The highest BCUT2D eigenvalue weighted by molar-refractivity contribution is 6.00. The summed E-state index contributed by atoms with van der Waals surface area (Å²) in [5.41, 5.74) is -4.64. The number of rotatable bonds is 42. The van der Waals surface area contributed by atoms with E-state index in [0.29, 0.717) is 45.2 Å². The highest BCUT2D eigenvalue weighted by Gasteiger charge is 2.41. The normalized spacial score (nSPS) is 15.3. The highest BCUT2D eigenvalue weighted by atomic mass is 16.2. The third-order valence-corrected chi connectivity index (χ3v) is 14.8. The lowest BCUT2D eigenvalue weighted by molar-refractivity contribution is -0.140. The molecule has 1 heterocycles. The van der Waals surface area contributed by atoms with Crippen LogP contribution >= 0.6 is 0 Å². The van der Waals surface area contributed by atoms with Crippen molar-refractivity contribution in [1.82, 2.24) is 57.7 Å². The zero-order valence-corrected chi connectivity index (χ0v) is 54.3. The van der Waals surface area contributed by atoms with Crippen LogP contribution in [0, 0.1) is 17.8 Å². The van der Waals surface area contributed by atoms with Gasteiger partial charge in [-0.15, -0.1) is 0 Å². The van der Waals surface area contributed by atoms with Crippen molar-refractivity contribution in [2.75, 3.05) is 39.3 Å². The lowest BCUT2D eigenvalue weighted by atomic mass is 9.96. The molecular weight excluding hydrogens is 1060 g/mol. The molecule has 0 aromatic carbocycles. The molecule has 0 spiro atoms. The van der Waals surface area contributed by atoms with Crippen LogP contribution in [0.5, 0.6) is 0 Å². The van der Waals surface area contributed by atoms with Gasteiger partial charge in [-0.1, -0.05) is 121 Å². The fourth-order valence-electron chi connectivity index (χ4n) is 9.99. The molecule has 21 nitrogen and oxygen atoms in total. The zero-order chi connectivity index (χ0) is 63.1. The van der Waals surface area contributed by atoms with Gasteiger partial charge in [0.25, 0.3) is 0 Å². The first kappa shape index (κ1) is 75.7. The molecule has 5 atom stereocenters. The van der Waals surface area contributed by atoms with Gasteiger partial charge in [0.1, 0.15) is 46.8 Å². The second kappa shape index (κ2) is 38.6. The Labute approximate surface area is 499 Å². The fourth-order valence-corrected chi connectivity index (χ4v) is 9.99. The third kappa shape index (κ3) is 29.4. The van der Waals surface area contributed by atoms with E-state index in [1.165, 1.54) is 41.5 Å². The summed E-state index contributed by atoms with van der Waals surface area (Å²) in [6, 6.07) is -5.08. The van der Waals surface area contributed by atoms with E-state index in [-0.39, 0.29) is 61.8 Å². The van der Waals surface area contributed by atoms with Crippen molar-refractivity contribution in [1.29, 1.82) is 0 Å². The maximum atomic E-state index is 14.3. The predicted molar refractivity (Wildman–Crippen MR) is 327 cm³/mol. The minimum absolute atomic E-state index is 0.0472. The van der Waals surface area contributed by atoms with Crippen molar-refractivity contribution in [3.8, 4) is 0 Å². The van der Waals surface area contributed by atoms with Crippen LogP contribution in [0.25, 0.3) is 0 Å². The summed E-state index contributed by atoms with van der Waals surface area (Å²) >= 11 is 0. The standard InChI is InChI=1S/C62H115N11O10/c1-17-21-23-24-25-27-29-45(65-56(80)49-30-28-37-73(49)51(75)31-26-22-18-2)52(76)66-47(40-43(7)8)54(78)69-61(13,14)58(82)68-46(39-42(5)6)53(77)67-48(41-44(9)10)55(79)70-62(15,16)59(83)71-60(11,12)57(81)64-33-32-50(74)63-34-38-72(35-19-3)36-20-4/h42-49H,17-41H2,1-16H3,(H,63,74)(H,64,81)(H,65,80)(H,66,76)(H,67,77)(H,68,82)(H,69,78)(H,70,79)(H,71,83)/t45-,46-,47-,48-,49-/m0/s1. The lowest BCUT2D eigenvalue weighted by Gasteiger charge is -2.34. The van der Waals surface area contributed by atoms with Crippen LogP contribution in [0.2, 0.25) is 0 Å². The Kier molecular flexibility index (Phi) is 35.2. The van der Waals surface area contributed by atoms with E-state index in [0.717, 1.165) is 83.8 Å². The van der Waals surface area contributed by atoms with Crippen molar-refractivity contribution >= 4 is 59.1 Å². The minimum atomic E-state index is -1.62.